The first kappa shape index (κ1) is 8.17. The molecular weight excluding hydrogens is 160 g/mol. The molecule has 1 aliphatic heterocycles. The second-order valence-corrected chi connectivity index (χ2v) is 3.05. The van der Waals surface area contributed by atoms with Gasteiger partial charge in [0.2, 0.25) is 6.67 Å². The van der Waals surface area contributed by atoms with Crippen molar-refractivity contribution in [3.63, 3.8) is 0 Å². The zero-order valence-corrected chi connectivity index (χ0v) is 7.70. The molecule has 0 atom stereocenters. The van der Waals surface area contributed by atoms with Crippen molar-refractivity contribution in [1.29, 1.82) is 0 Å². The Labute approximate surface area is 79.1 Å². The van der Waals surface area contributed by atoms with Crippen LogP contribution in [0.15, 0.2) is 36.9 Å². The van der Waals surface area contributed by atoms with Crippen molar-refractivity contribution < 1.29 is 0 Å². The summed E-state index contributed by atoms with van der Waals surface area (Å²) in [7, 11) is 2.00. The standard InChI is InChI=1S/C11H12N2/c1-3-8-13-9-12(2)10-6-4-5-7-11(10)13/h3-7H,1,8H2,2H3. The second kappa shape index (κ2) is 3.13. The van der Waals surface area contributed by atoms with E-state index in [2.05, 4.69) is 30.3 Å². The number of hydrogen-bond donors (Lipinski definition) is 0. The first-order chi connectivity index (χ1) is 6.33. The summed E-state index contributed by atoms with van der Waals surface area (Å²) in [5.41, 5.74) is 2.40. The molecule has 0 spiro atoms. The molecule has 0 bridgehead atoms. The zero-order chi connectivity index (χ0) is 9.26. The van der Waals surface area contributed by atoms with Crippen molar-refractivity contribution in [2.45, 2.75) is 0 Å². The minimum atomic E-state index is 0.807. The van der Waals surface area contributed by atoms with Gasteiger partial charge in [-0.2, -0.15) is 0 Å². The Morgan fingerprint density at radius 2 is 2.08 bits per heavy atom. The lowest BCUT2D eigenvalue weighted by Gasteiger charge is -2.13. The van der Waals surface area contributed by atoms with Crippen molar-refractivity contribution in [2.24, 2.45) is 0 Å². The normalized spacial score (nSPS) is 14.5. The molecule has 2 rings (SSSR count). The average Bonchev–Trinajstić information content (AvgIpc) is 2.46. The van der Waals surface area contributed by atoms with Gasteiger partial charge < -0.3 is 9.80 Å². The highest BCUT2D eigenvalue weighted by atomic mass is 15.4. The largest absolute Gasteiger partial charge is 0.343 e. The molecule has 0 saturated heterocycles. The summed E-state index contributed by atoms with van der Waals surface area (Å²) in [6.45, 7) is 7.74. The third kappa shape index (κ3) is 1.28. The average molecular weight is 172 g/mol. The number of anilines is 2. The van der Waals surface area contributed by atoms with Gasteiger partial charge in [-0.25, -0.2) is 0 Å². The van der Waals surface area contributed by atoms with Crippen LogP contribution < -0.4 is 9.80 Å². The summed E-state index contributed by atoms with van der Waals surface area (Å²) in [5, 5.41) is 0. The lowest BCUT2D eigenvalue weighted by Crippen LogP contribution is -2.21. The molecule has 66 valence electrons. The Morgan fingerprint density at radius 3 is 2.77 bits per heavy atom. The quantitative estimate of drug-likeness (QED) is 0.630. The van der Waals surface area contributed by atoms with Gasteiger partial charge in [-0.15, -0.1) is 6.58 Å². The smallest absolute Gasteiger partial charge is 0.208 e. The number of fused-ring (bicyclic) bond motifs is 1. The molecule has 0 aliphatic carbocycles. The summed E-state index contributed by atoms with van der Waals surface area (Å²) < 4.78 is 0. The summed E-state index contributed by atoms with van der Waals surface area (Å²) in [5.74, 6) is 0. The van der Waals surface area contributed by atoms with E-state index in [4.69, 9.17) is 0 Å². The van der Waals surface area contributed by atoms with E-state index in [-0.39, 0.29) is 0 Å². The van der Waals surface area contributed by atoms with E-state index in [0.29, 0.717) is 0 Å². The van der Waals surface area contributed by atoms with Gasteiger partial charge in [-0.1, -0.05) is 18.2 Å². The van der Waals surface area contributed by atoms with E-state index in [1.165, 1.54) is 11.4 Å². The van der Waals surface area contributed by atoms with E-state index >= 15 is 0 Å². The number of benzene rings is 1. The maximum Gasteiger partial charge on any atom is 0.208 e. The highest BCUT2D eigenvalue weighted by Gasteiger charge is 2.22. The molecule has 1 heterocycles. The number of para-hydroxylation sites is 2. The summed E-state index contributed by atoms with van der Waals surface area (Å²) in [4.78, 5) is 4.06. The molecule has 2 nitrogen and oxygen atoms in total. The maximum atomic E-state index is 3.72. The van der Waals surface area contributed by atoms with Crippen molar-refractivity contribution in [2.75, 3.05) is 23.4 Å². The fourth-order valence-electron chi connectivity index (χ4n) is 1.53. The third-order valence-corrected chi connectivity index (χ3v) is 2.12. The second-order valence-electron chi connectivity index (χ2n) is 3.05. The van der Waals surface area contributed by atoms with Crippen LogP contribution in [0.1, 0.15) is 0 Å². The highest BCUT2D eigenvalue weighted by molar-refractivity contribution is 5.78. The van der Waals surface area contributed by atoms with Gasteiger partial charge in [-0.05, 0) is 12.1 Å². The molecule has 13 heavy (non-hydrogen) atoms. The van der Waals surface area contributed by atoms with Gasteiger partial charge in [0.15, 0.2) is 0 Å². The van der Waals surface area contributed by atoms with Crippen molar-refractivity contribution in [1.82, 2.24) is 0 Å². The van der Waals surface area contributed by atoms with Gasteiger partial charge in [-0.3, -0.25) is 0 Å². The molecule has 0 N–H and O–H groups in total. The third-order valence-electron chi connectivity index (χ3n) is 2.12. The molecule has 1 aromatic rings. The number of rotatable bonds is 2. The van der Waals surface area contributed by atoms with Crippen molar-refractivity contribution in [3.05, 3.63) is 43.6 Å². The van der Waals surface area contributed by atoms with Crippen LogP contribution in [0.25, 0.3) is 0 Å². The fraction of sp³-hybridized carbons (Fsp3) is 0.182. The van der Waals surface area contributed by atoms with Crippen LogP contribution in [-0.2, 0) is 0 Å². The van der Waals surface area contributed by atoms with Crippen LogP contribution in [0, 0.1) is 6.67 Å². The first-order valence-electron chi connectivity index (χ1n) is 4.30. The predicted molar refractivity (Wildman–Crippen MR) is 55.6 cm³/mol. The monoisotopic (exact) mass is 172 g/mol. The van der Waals surface area contributed by atoms with Crippen LogP contribution >= 0.6 is 0 Å². The minimum Gasteiger partial charge on any atom is -0.343 e. The Morgan fingerprint density at radius 1 is 1.38 bits per heavy atom. The van der Waals surface area contributed by atoms with E-state index in [1.54, 1.807) is 0 Å². The Bertz CT molecular complexity index is 320. The molecule has 2 radical (unpaired) electrons. The summed E-state index contributed by atoms with van der Waals surface area (Å²) in [6.07, 6.45) is 1.88. The van der Waals surface area contributed by atoms with Gasteiger partial charge in [0, 0.05) is 13.6 Å². The zero-order valence-electron chi connectivity index (χ0n) is 7.70. The minimum absolute atomic E-state index is 0.807. The van der Waals surface area contributed by atoms with E-state index in [0.717, 1.165) is 6.54 Å². The predicted octanol–water partition coefficient (Wildman–Crippen LogP) is 2.13. The highest BCUT2D eigenvalue weighted by Crippen LogP contribution is 2.36. The Kier molecular flexibility index (Phi) is 1.97. The van der Waals surface area contributed by atoms with Crippen LogP contribution in [-0.4, -0.2) is 13.6 Å². The van der Waals surface area contributed by atoms with Gasteiger partial charge in [0.05, 0.1) is 11.4 Å². The molecule has 1 aromatic carbocycles. The van der Waals surface area contributed by atoms with Crippen molar-refractivity contribution >= 4 is 11.4 Å². The fourth-order valence-corrected chi connectivity index (χ4v) is 1.53. The number of hydrogen-bond acceptors (Lipinski definition) is 2. The van der Waals surface area contributed by atoms with Crippen LogP contribution in [0.3, 0.4) is 0 Å². The van der Waals surface area contributed by atoms with E-state index < -0.39 is 0 Å². The first-order valence-corrected chi connectivity index (χ1v) is 4.30. The Balaban J connectivity index is 2.35. The molecule has 1 aliphatic rings. The lowest BCUT2D eigenvalue weighted by molar-refractivity contribution is 0.986. The van der Waals surface area contributed by atoms with Gasteiger partial charge in [0.1, 0.15) is 0 Å². The van der Waals surface area contributed by atoms with Gasteiger partial charge >= 0.3 is 0 Å². The van der Waals surface area contributed by atoms with Crippen LogP contribution in [0.2, 0.25) is 0 Å². The lowest BCUT2D eigenvalue weighted by atomic mass is 10.2. The molecule has 0 unspecified atom stereocenters. The van der Waals surface area contributed by atoms with Gasteiger partial charge in [0.25, 0.3) is 0 Å². The SMILES string of the molecule is C=CCN1[C]N(C)c2ccccc21. The van der Waals surface area contributed by atoms with Crippen LogP contribution in [0.5, 0.6) is 0 Å². The molecule has 0 aromatic heterocycles. The topological polar surface area (TPSA) is 6.48 Å². The number of nitrogens with zero attached hydrogens (tertiary/aromatic N) is 2. The molecule has 2 heteroatoms. The molecule has 0 fully saturated rings. The van der Waals surface area contributed by atoms with E-state index in [1.807, 2.05) is 30.2 Å². The summed E-state index contributed by atoms with van der Waals surface area (Å²) >= 11 is 0. The van der Waals surface area contributed by atoms with Crippen molar-refractivity contribution in [3.8, 4) is 0 Å². The van der Waals surface area contributed by atoms with E-state index in [9.17, 15) is 0 Å². The Hall–Kier alpha value is -1.44. The molecule has 0 saturated carbocycles. The summed E-state index contributed by atoms with van der Waals surface area (Å²) in [6, 6.07) is 8.25. The molecule has 0 amide bonds. The van der Waals surface area contributed by atoms with Crippen LogP contribution in [0.4, 0.5) is 11.4 Å². The maximum absolute atomic E-state index is 3.72. The molecular formula is C11H12N2.